The lowest BCUT2D eigenvalue weighted by Crippen LogP contribution is -2.54. The highest BCUT2D eigenvalue weighted by Crippen LogP contribution is 2.23. The van der Waals surface area contributed by atoms with Crippen molar-refractivity contribution in [1.29, 1.82) is 0 Å². The molecule has 3 unspecified atom stereocenters. The Morgan fingerprint density at radius 3 is 2.25 bits per heavy atom. The number of β-amino-alcohol motifs (C(OH)–C–C–N with tert-alkyl or cyclic N) is 1. The van der Waals surface area contributed by atoms with Gasteiger partial charge in [-0.15, -0.1) is 0 Å². The van der Waals surface area contributed by atoms with E-state index in [1.165, 1.54) is 0 Å². The number of aliphatic hydroxyl groups is 1. The molecule has 4 nitrogen and oxygen atoms in total. The zero-order chi connectivity index (χ0) is 12.8. The SMILES string of the molecule is CCC(C)CC(CC)(NCC(C)O)C(=O)O. The molecule has 0 radical (unpaired) electrons. The van der Waals surface area contributed by atoms with Gasteiger partial charge < -0.3 is 10.2 Å². The zero-order valence-electron chi connectivity index (χ0n) is 10.8. The van der Waals surface area contributed by atoms with E-state index in [0.717, 1.165) is 6.42 Å². The van der Waals surface area contributed by atoms with Gasteiger partial charge in [-0.3, -0.25) is 10.1 Å². The van der Waals surface area contributed by atoms with Crippen LogP contribution in [-0.4, -0.2) is 34.4 Å². The summed E-state index contributed by atoms with van der Waals surface area (Å²) < 4.78 is 0. The molecule has 0 fully saturated rings. The van der Waals surface area contributed by atoms with Gasteiger partial charge in [-0.1, -0.05) is 27.2 Å². The molecule has 96 valence electrons. The molecule has 0 amide bonds. The van der Waals surface area contributed by atoms with Gasteiger partial charge in [0.25, 0.3) is 0 Å². The first kappa shape index (κ1) is 15.4. The topological polar surface area (TPSA) is 69.6 Å². The molecule has 0 aliphatic rings. The summed E-state index contributed by atoms with van der Waals surface area (Å²) in [5, 5.41) is 21.6. The highest BCUT2D eigenvalue weighted by Gasteiger charge is 2.37. The van der Waals surface area contributed by atoms with Crippen molar-refractivity contribution in [3.8, 4) is 0 Å². The Bertz CT molecular complexity index is 218. The molecular formula is C12H25NO3. The van der Waals surface area contributed by atoms with Crippen LogP contribution >= 0.6 is 0 Å². The average Bonchev–Trinajstić information content (AvgIpc) is 2.23. The Kier molecular flexibility index (Phi) is 6.60. The van der Waals surface area contributed by atoms with Crippen LogP contribution in [0.4, 0.5) is 0 Å². The normalized spacial score (nSPS) is 18.8. The largest absolute Gasteiger partial charge is 0.480 e. The Morgan fingerprint density at radius 2 is 1.94 bits per heavy atom. The van der Waals surface area contributed by atoms with E-state index in [1.54, 1.807) is 6.92 Å². The van der Waals surface area contributed by atoms with Crippen LogP contribution in [0.1, 0.15) is 47.0 Å². The lowest BCUT2D eigenvalue weighted by Gasteiger charge is -2.32. The fourth-order valence-corrected chi connectivity index (χ4v) is 1.74. The highest BCUT2D eigenvalue weighted by molar-refractivity contribution is 5.78. The third-order valence-electron chi connectivity index (χ3n) is 3.14. The maximum Gasteiger partial charge on any atom is 0.323 e. The van der Waals surface area contributed by atoms with Crippen LogP contribution in [0.3, 0.4) is 0 Å². The predicted molar refractivity (Wildman–Crippen MR) is 64.4 cm³/mol. The molecule has 3 atom stereocenters. The highest BCUT2D eigenvalue weighted by atomic mass is 16.4. The number of rotatable bonds is 8. The van der Waals surface area contributed by atoms with E-state index in [0.29, 0.717) is 25.3 Å². The lowest BCUT2D eigenvalue weighted by molar-refractivity contribution is -0.146. The molecule has 16 heavy (non-hydrogen) atoms. The minimum atomic E-state index is -0.896. The lowest BCUT2D eigenvalue weighted by atomic mass is 9.84. The fraction of sp³-hybridized carbons (Fsp3) is 0.917. The van der Waals surface area contributed by atoms with Gasteiger partial charge in [-0.25, -0.2) is 0 Å². The van der Waals surface area contributed by atoms with Crippen molar-refractivity contribution in [1.82, 2.24) is 5.32 Å². The molecule has 0 aromatic heterocycles. The van der Waals surface area contributed by atoms with Gasteiger partial charge in [-0.2, -0.15) is 0 Å². The number of aliphatic hydroxyl groups excluding tert-OH is 1. The van der Waals surface area contributed by atoms with Crippen molar-refractivity contribution in [3.63, 3.8) is 0 Å². The minimum absolute atomic E-state index is 0.316. The van der Waals surface area contributed by atoms with E-state index in [1.807, 2.05) is 6.92 Å². The Balaban J connectivity index is 4.64. The molecule has 0 rings (SSSR count). The van der Waals surface area contributed by atoms with E-state index < -0.39 is 17.6 Å². The Morgan fingerprint density at radius 1 is 1.38 bits per heavy atom. The third kappa shape index (κ3) is 4.49. The summed E-state index contributed by atoms with van der Waals surface area (Å²) in [5.74, 6) is -0.464. The van der Waals surface area contributed by atoms with E-state index in [-0.39, 0.29) is 0 Å². The minimum Gasteiger partial charge on any atom is -0.480 e. The van der Waals surface area contributed by atoms with E-state index in [9.17, 15) is 15.0 Å². The summed E-state index contributed by atoms with van der Waals surface area (Å²) in [4.78, 5) is 11.4. The number of carbonyl (C=O) groups is 1. The summed E-state index contributed by atoms with van der Waals surface area (Å²) in [7, 11) is 0. The molecule has 0 spiro atoms. The standard InChI is InChI=1S/C12H25NO3/c1-5-9(3)7-12(6-2,11(15)16)13-8-10(4)14/h9-10,13-14H,5-8H2,1-4H3,(H,15,16). The maximum absolute atomic E-state index is 11.4. The number of hydrogen-bond donors (Lipinski definition) is 3. The van der Waals surface area contributed by atoms with Gasteiger partial charge in [-0.05, 0) is 25.7 Å². The van der Waals surface area contributed by atoms with Gasteiger partial charge in [0.1, 0.15) is 5.54 Å². The number of aliphatic carboxylic acids is 1. The maximum atomic E-state index is 11.4. The van der Waals surface area contributed by atoms with Crippen molar-refractivity contribution in [3.05, 3.63) is 0 Å². The summed E-state index contributed by atoms with van der Waals surface area (Å²) in [6.45, 7) is 7.94. The van der Waals surface area contributed by atoms with E-state index >= 15 is 0 Å². The Labute approximate surface area is 98.1 Å². The van der Waals surface area contributed by atoms with Crippen LogP contribution in [0, 0.1) is 5.92 Å². The van der Waals surface area contributed by atoms with Gasteiger partial charge in [0.15, 0.2) is 0 Å². The molecule has 0 aromatic rings. The molecule has 0 saturated carbocycles. The molecule has 4 heteroatoms. The first-order valence-electron chi connectivity index (χ1n) is 6.04. The van der Waals surface area contributed by atoms with Crippen LogP contribution in [0.2, 0.25) is 0 Å². The molecule has 0 heterocycles. The second-order valence-electron chi connectivity index (χ2n) is 4.69. The number of nitrogens with one attached hydrogen (secondary N) is 1. The van der Waals surface area contributed by atoms with Crippen molar-refractivity contribution >= 4 is 5.97 Å². The first-order valence-corrected chi connectivity index (χ1v) is 6.04. The summed E-state index contributed by atoms with van der Waals surface area (Å²) in [5.41, 5.74) is -0.896. The van der Waals surface area contributed by atoms with Gasteiger partial charge in [0.2, 0.25) is 0 Å². The summed E-state index contributed by atoms with van der Waals surface area (Å²) in [6.07, 6.45) is 1.56. The second-order valence-corrected chi connectivity index (χ2v) is 4.69. The molecule has 3 N–H and O–H groups in total. The third-order valence-corrected chi connectivity index (χ3v) is 3.14. The zero-order valence-corrected chi connectivity index (χ0v) is 10.8. The summed E-state index contributed by atoms with van der Waals surface area (Å²) in [6, 6.07) is 0. The van der Waals surface area contributed by atoms with Crippen molar-refractivity contribution < 1.29 is 15.0 Å². The van der Waals surface area contributed by atoms with Crippen LogP contribution < -0.4 is 5.32 Å². The number of carboxylic acids is 1. The van der Waals surface area contributed by atoms with Crippen molar-refractivity contribution in [2.24, 2.45) is 5.92 Å². The number of carboxylic acid groups (broad SMARTS) is 1. The quantitative estimate of drug-likeness (QED) is 0.594. The molecule has 0 aromatic carbocycles. The van der Waals surface area contributed by atoms with Crippen molar-refractivity contribution in [2.75, 3.05) is 6.54 Å². The molecule has 0 aliphatic heterocycles. The monoisotopic (exact) mass is 231 g/mol. The number of hydrogen-bond acceptors (Lipinski definition) is 3. The molecule has 0 aliphatic carbocycles. The molecule has 0 bridgehead atoms. The van der Waals surface area contributed by atoms with Crippen LogP contribution in [0.5, 0.6) is 0 Å². The van der Waals surface area contributed by atoms with Crippen LogP contribution in [0.15, 0.2) is 0 Å². The fourth-order valence-electron chi connectivity index (χ4n) is 1.74. The van der Waals surface area contributed by atoms with Gasteiger partial charge >= 0.3 is 5.97 Å². The van der Waals surface area contributed by atoms with Gasteiger partial charge in [0, 0.05) is 6.54 Å². The smallest absolute Gasteiger partial charge is 0.323 e. The van der Waals surface area contributed by atoms with E-state index in [4.69, 9.17) is 0 Å². The first-order chi connectivity index (χ1) is 7.38. The van der Waals surface area contributed by atoms with Gasteiger partial charge in [0.05, 0.1) is 6.10 Å². The molecular weight excluding hydrogens is 206 g/mol. The van der Waals surface area contributed by atoms with Crippen LogP contribution in [-0.2, 0) is 4.79 Å². The average molecular weight is 231 g/mol. The summed E-state index contributed by atoms with van der Waals surface area (Å²) >= 11 is 0. The van der Waals surface area contributed by atoms with E-state index in [2.05, 4.69) is 19.2 Å². The second kappa shape index (κ2) is 6.86. The Hall–Kier alpha value is -0.610. The predicted octanol–water partition coefficient (Wildman–Crippen LogP) is 1.63. The van der Waals surface area contributed by atoms with Crippen LogP contribution in [0.25, 0.3) is 0 Å². The van der Waals surface area contributed by atoms with Crippen molar-refractivity contribution in [2.45, 2.75) is 58.6 Å². The molecule has 0 saturated heterocycles.